The molecule has 0 aliphatic carbocycles. The molecule has 1 aromatic rings. The fraction of sp³-hybridized carbons (Fsp3) is 0.778. The molecule has 0 saturated heterocycles. The molecule has 80 valence electrons. The van der Waals surface area contributed by atoms with E-state index in [0.29, 0.717) is 13.0 Å². The Hall–Kier alpha value is -0.940. The number of nitrogens with zero attached hydrogens (tertiary/aromatic N) is 3. The summed E-state index contributed by atoms with van der Waals surface area (Å²) in [5.41, 5.74) is 7.48. The molecule has 0 aliphatic rings. The number of aromatic nitrogens is 3. The molecular weight excluding hydrogens is 180 g/mol. The van der Waals surface area contributed by atoms with Crippen LogP contribution < -0.4 is 5.73 Å². The van der Waals surface area contributed by atoms with E-state index in [0.717, 1.165) is 17.8 Å². The number of nitrogens with two attached hydrogens (primary N) is 1. The van der Waals surface area contributed by atoms with Gasteiger partial charge in [0.05, 0.1) is 17.4 Å². The molecule has 0 bridgehead atoms. The maximum absolute atomic E-state index is 8.84. The van der Waals surface area contributed by atoms with Crippen LogP contribution in [-0.4, -0.2) is 26.7 Å². The third-order valence-corrected chi connectivity index (χ3v) is 2.36. The maximum Gasteiger partial charge on any atom is 0.0994 e. The third-order valence-electron chi connectivity index (χ3n) is 2.36. The zero-order valence-electron chi connectivity index (χ0n) is 8.77. The monoisotopic (exact) mass is 198 g/mol. The van der Waals surface area contributed by atoms with E-state index in [4.69, 9.17) is 10.8 Å². The zero-order valence-corrected chi connectivity index (χ0v) is 8.77. The molecule has 1 aromatic heterocycles. The molecule has 1 heterocycles. The quantitative estimate of drug-likeness (QED) is 0.710. The second-order valence-electron chi connectivity index (χ2n) is 3.35. The van der Waals surface area contributed by atoms with Crippen molar-refractivity contribution in [3.8, 4) is 0 Å². The molecule has 0 amide bonds. The first-order valence-corrected chi connectivity index (χ1v) is 4.98. The number of hydrogen-bond acceptors (Lipinski definition) is 4. The Labute approximate surface area is 83.9 Å². The molecular formula is C9H18N4O. The van der Waals surface area contributed by atoms with Crippen LogP contribution in [0.25, 0.3) is 0 Å². The molecule has 0 aliphatic heterocycles. The molecule has 0 saturated carbocycles. The third kappa shape index (κ3) is 2.10. The highest BCUT2D eigenvalue weighted by Gasteiger charge is 2.13. The van der Waals surface area contributed by atoms with Gasteiger partial charge in [0.15, 0.2) is 0 Å². The largest absolute Gasteiger partial charge is 0.396 e. The van der Waals surface area contributed by atoms with Crippen molar-refractivity contribution in [1.82, 2.24) is 15.0 Å². The Morgan fingerprint density at radius 1 is 1.57 bits per heavy atom. The lowest BCUT2D eigenvalue weighted by atomic mass is 10.2. The Morgan fingerprint density at radius 3 is 2.79 bits per heavy atom. The SMILES string of the molecule is CCc1c(CN)nnn1C(C)CCO. The summed E-state index contributed by atoms with van der Waals surface area (Å²) in [6.07, 6.45) is 1.57. The van der Waals surface area contributed by atoms with E-state index >= 15 is 0 Å². The normalized spacial score (nSPS) is 13.1. The van der Waals surface area contributed by atoms with E-state index in [9.17, 15) is 0 Å². The van der Waals surface area contributed by atoms with Gasteiger partial charge in [0, 0.05) is 13.2 Å². The van der Waals surface area contributed by atoms with E-state index < -0.39 is 0 Å². The first kappa shape index (κ1) is 11.1. The molecule has 0 fully saturated rings. The zero-order chi connectivity index (χ0) is 10.6. The Kier molecular flexibility index (Phi) is 4.03. The van der Waals surface area contributed by atoms with Crippen molar-refractivity contribution < 1.29 is 5.11 Å². The molecule has 5 nitrogen and oxygen atoms in total. The van der Waals surface area contributed by atoms with Crippen molar-refractivity contribution in [2.24, 2.45) is 5.73 Å². The molecule has 1 atom stereocenters. The predicted molar refractivity (Wildman–Crippen MR) is 53.7 cm³/mol. The fourth-order valence-corrected chi connectivity index (χ4v) is 1.53. The van der Waals surface area contributed by atoms with Crippen molar-refractivity contribution in [1.29, 1.82) is 0 Å². The summed E-state index contributed by atoms with van der Waals surface area (Å²) in [6.45, 7) is 4.67. The van der Waals surface area contributed by atoms with E-state index in [2.05, 4.69) is 17.2 Å². The van der Waals surface area contributed by atoms with E-state index in [-0.39, 0.29) is 12.6 Å². The summed E-state index contributed by atoms with van der Waals surface area (Å²) in [6, 6.07) is 0.183. The summed E-state index contributed by atoms with van der Waals surface area (Å²) in [4.78, 5) is 0. The van der Waals surface area contributed by atoms with Crippen molar-refractivity contribution in [2.45, 2.75) is 39.3 Å². The minimum Gasteiger partial charge on any atom is -0.396 e. The van der Waals surface area contributed by atoms with Crippen LogP contribution in [0.3, 0.4) is 0 Å². The maximum atomic E-state index is 8.84. The van der Waals surface area contributed by atoms with Crippen LogP contribution in [-0.2, 0) is 13.0 Å². The highest BCUT2D eigenvalue weighted by atomic mass is 16.3. The van der Waals surface area contributed by atoms with Crippen LogP contribution in [0, 0.1) is 0 Å². The van der Waals surface area contributed by atoms with Crippen LogP contribution in [0.4, 0.5) is 0 Å². The molecule has 3 N–H and O–H groups in total. The Bertz CT molecular complexity index is 284. The topological polar surface area (TPSA) is 77.0 Å². The average Bonchev–Trinajstić information content (AvgIpc) is 2.60. The van der Waals surface area contributed by atoms with Crippen LogP contribution in [0.1, 0.15) is 37.7 Å². The minimum atomic E-state index is 0.169. The first-order valence-electron chi connectivity index (χ1n) is 4.98. The number of rotatable bonds is 5. The lowest BCUT2D eigenvalue weighted by Gasteiger charge is -2.12. The smallest absolute Gasteiger partial charge is 0.0994 e. The predicted octanol–water partition coefficient (Wildman–Crippen LogP) is 0.243. The average molecular weight is 198 g/mol. The van der Waals surface area contributed by atoms with Gasteiger partial charge in [-0.1, -0.05) is 12.1 Å². The first-order chi connectivity index (χ1) is 6.74. The van der Waals surface area contributed by atoms with Gasteiger partial charge in [0.2, 0.25) is 0 Å². The summed E-state index contributed by atoms with van der Waals surface area (Å²) in [7, 11) is 0. The van der Waals surface area contributed by atoms with Crippen molar-refractivity contribution in [2.75, 3.05) is 6.61 Å². The minimum absolute atomic E-state index is 0.169. The lowest BCUT2D eigenvalue weighted by molar-refractivity contribution is 0.255. The summed E-state index contributed by atoms with van der Waals surface area (Å²) < 4.78 is 1.86. The fourth-order valence-electron chi connectivity index (χ4n) is 1.53. The molecule has 0 aromatic carbocycles. The summed E-state index contributed by atoms with van der Waals surface area (Å²) >= 11 is 0. The van der Waals surface area contributed by atoms with Gasteiger partial charge in [-0.3, -0.25) is 0 Å². The van der Waals surface area contributed by atoms with Gasteiger partial charge < -0.3 is 10.8 Å². The van der Waals surface area contributed by atoms with Crippen molar-refractivity contribution >= 4 is 0 Å². The molecule has 5 heteroatoms. The van der Waals surface area contributed by atoms with Crippen molar-refractivity contribution in [3.63, 3.8) is 0 Å². The van der Waals surface area contributed by atoms with Gasteiger partial charge in [0.25, 0.3) is 0 Å². The second-order valence-corrected chi connectivity index (χ2v) is 3.35. The Morgan fingerprint density at radius 2 is 2.29 bits per heavy atom. The molecule has 0 radical (unpaired) electrons. The summed E-state index contributed by atoms with van der Waals surface area (Å²) in [5, 5.41) is 16.9. The van der Waals surface area contributed by atoms with Crippen LogP contribution in [0.15, 0.2) is 0 Å². The van der Waals surface area contributed by atoms with Crippen LogP contribution in [0.5, 0.6) is 0 Å². The van der Waals surface area contributed by atoms with Crippen molar-refractivity contribution in [3.05, 3.63) is 11.4 Å². The summed E-state index contributed by atoms with van der Waals surface area (Å²) in [5.74, 6) is 0. The van der Waals surface area contributed by atoms with Gasteiger partial charge in [-0.15, -0.1) is 5.10 Å². The highest BCUT2D eigenvalue weighted by Crippen LogP contribution is 2.14. The van der Waals surface area contributed by atoms with Gasteiger partial charge in [-0.2, -0.15) is 0 Å². The molecule has 1 unspecified atom stereocenters. The Balaban J connectivity index is 2.90. The molecule has 1 rings (SSSR count). The van der Waals surface area contributed by atoms with Gasteiger partial charge in [0.1, 0.15) is 0 Å². The standard InChI is InChI=1S/C9H18N4O/c1-3-9-8(6-10)11-12-13(9)7(2)4-5-14/h7,14H,3-6,10H2,1-2H3. The number of hydrogen-bond donors (Lipinski definition) is 2. The lowest BCUT2D eigenvalue weighted by Crippen LogP contribution is -2.12. The molecule has 14 heavy (non-hydrogen) atoms. The van der Waals surface area contributed by atoms with Crippen LogP contribution >= 0.6 is 0 Å². The van der Waals surface area contributed by atoms with Gasteiger partial charge >= 0.3 is 0 Å². The highest BCUT2D eigenvalue weighted by molar-refractivity contribution is 5.10. The second kappa shape index (κ2) is 5.07. The van der Waals surface area contributed by atoms with Gasteiger partial charge in [-0.05, 0) is 19.8 Å². The van der Waals surface area contributed by atoms with Gasteiger partial charge in [-0.25, -0.2) is 4.68 Å². The van der Waals surface area contributed by atoms with E-state index in [1.807, 2.05) is 11.6 Å². The van der Waals surface area contributed by atoms with Crippen LogP contribution in [0.2, 0.25) is 0 Å². The number of aliphatic hydroxyl groups is 1. The molecule has 0 spiro atoms. The number of aliphatic hydroxyl groups excluding tert-OH is 1. The van der Waals surface area contributed by atoms with E-state index in [1.165, 1.54) is 0 Å². The van der Waals surface area contributed by atoms with E-state index in [1.54, 1.807) is 0 Å².